The van der Waals surface area contributed by atoms with Crippen LogP contribution in [0.1, 0.15) is 32.4 Å². The maximum absolute atomic E-state index is 11.7. The largest absolute Gasteiger partial charge is 0.443 e. The summed E-state index contributed by atoms with van der Waals surface area (Å²) in [7, 11) is 3.52. The van der Waals surface area contributed by atoms with Gasteiger partial charge in [-0.2, -0.15) is 0 Å². The second-order valence-corrected chi connectivity index (χ2v) is 4.15. The minimum absolute atomic E-state index is 0.192. The molecule has 0 saturated carbocycles. The summed E-state index contributed by atoms with van der Waals surface area (Å²) in [5.41, 5.74) is 0.773. The molecule has 0 radical (unpaired) electrons. The zero-order valence-electron chi connectivity index (χ0n) is 10.9. The zero-order valence-corrected chi connectivity index (χ0v) is 10.9. The summed E-state index contributed by atoms with van der Waals surface area (Å²) in [5.74, 6) is 0. The number of carbonyl (C=O) groups excluding carboxylic acids is 1. The van der Waals surface area contributed by atoms with Crippen LogP contribution >= 0.6 is 0 Å². The maximum Gasteiger partial charge on any atom is 0.410 e. The molecule has 17 heavy (non-hydrogen) atoms. The van der Waals surface area contributed by atoms with Crippen LogP contribution < -0.4 is 0 Å². The molecule has 1 amide bonds. The maximum atomic E-state index is 11.7. The summed E-state index contributed by atoms with van der Waals surface area (Å²) in [6.07, 6.45) is 3.29. The standard InChI is InChI=1S/C11H20N4O2/c1-5-6-9(2)14(3)11(16)17-8-10-7-12-13-15(10)4/h7,9H,5-6,8H2,1-4H3. The fourth-order valence-electron chi connectivity index (χ4n) is 1.47. The monoisotopic (exact) mass is 240 g/mol. The molecular weight excluding hydrogens is 220 g/mol. The second-order valence-electron chi connectivity index (χ2n) is 4.15. The smallest absolute Gasteiger partial charge is 0.410 e. The molecular formula is C11H20N4O2. The predicted octanol–water partition coefficient (Wildman–Crippen LogP) is 1.57. The molecule has 0 spiro atoms. The van der Waals surface area contributed by atoms with E-state index in [4.69, 9.17) is 4.74 Å². The molecule has 1 atom stereocenters. The van der Waals surface area contributed by atoms with E-state index in [1.54, 1.807) is 29.9 Å². The number of nitrogens with zero attached hydrogens (tertiary/aromatic N) is 4. The van der Waals surface area contributed by atoms with Crippen LogP contribution in [0.4, 0.5) is 4.79 Å². The molecule has 0 saturated heterocycles. The first-order chi connectivity index (χ1) is 8.06. The highest BCUT2D eigenvalue weighted by molar-refractivity contribution is 5.67. The summed E-state index contributed by atoms with van der Waals surface area (Å²) in [5, 5.41) is 7.48. The molecule has 1 aromatic heterocycles. The van der Waals surface area contributed by atoms with Gasteiger partial charge in [-0.15, -0.1) is 5.10 Å². The number of amides is 1. The van der Waals surface area contributed by atoms with Crippen LogP contribution in [0.15, 0.2) is 6.20 Å². The third kappa shape index (κ3) is 3.72. The van der Waals surface area contributed by atoms with Gasteiger partial charge in [-0.05, 0) is 13.3 Å². The van der Waals surface area contributed by atoms with Gasteiger partial charge in [0, 0.05) is 20.1 Å². The third-order valence-electron chi connectivity index (χ3n) is 2.81. The number of hydrogen-bond donors (Lipinski definition) is 0. The van der Waals surface area contributed by atoms with Crippen molar-refractivity contribution in [2.45, 2.75) is 39.3 Å². The van der Waals surface area contributed by atoms with E-state index < -0.39 is 0 Å². The minimum Gasteiger partial charge on any atom is -0.443 e. The quantitative estimate of drug-likeness (QED) is 0.783. The number of ether oxygens (including phenoxy) is 1. The first-order valence-corrected chi connectivity index (χ1v) is 5.79. The van der Waals surface area contributed by atoms with Gasteiger partial charge in [-0.3, -0.25) is 0 Å². The summed E-state index contributed by atoms with van der Waals surface area (Å²) < 4.78 is 6.77. The molecule has 0 bridgehead atoms. The Bertz CT molecular complexity index is 364. The average molecular weight is 240 g/mol. The number of aryl methyl sites for hydroxylation is 1. The predicted molar refractivity (Wildman–Crippen MR) is 63.3 cm³/mol. The first kappa shape index (κ1) is 13.5. The van der Waals surface area contributed by atoms with Crippen LogP contribution in [0.5, 0.6) is 0 Å². The molecule has 0 aliphatic rings. The van der Waals surface area contributed by atoms with E-state index >= 15 is 0 Å². The zero-order chi connectivity index (χ0) is 12.8. The molecule has 1 rings (SSSR count). The summed E-state index contributed by atoms with van der Waals surface area (Å²) in [6, 6.07) is 0.192. The van der Waals surface area contributed by atoms with E-state index in [-0.39, 0.29) is 18.7 Å². The van der Waals surface area contributed by atoms with Gasteiger partial charge in [-0.25, -0.2) is 9.48 Å². The van der Waals surface area contributed by atoms with Crippen molar-refractivity contribution in [3.8, 4) is 0 Å². The van der Waals surface area contributed by atoms with Crippen molar-refractivity contribution < 1.29 is 9.53 Å². The Morgan fingerprint density at radius 1 is 1.65 bits per heavy atom. The molecule has 0 N–H and O–H groups in total. The normalized spacial score (nSPS) is 12.2. The second kappa shape index (κ2) is 6.22. The fraction of sp³-hybridized carbons (Fsp3) is 0.727. The van der Waals surface area contributed by atoms with Crippen LogP contribution in [-0.2, 0) is 18.4 Å². The topological polar surface area (TPSA) is 60.3 Å². The molecule has 96 valence electrons. The van der Waals surface area contributed by atoms with Gasteiger partial charge in [0.15, 0.2) is 0 Å². The lowest BCUT2D eigenvalue weighted by Gasteiger charge is -2.23. The van der Waals surface area contributed by atoms with E-state index in [0.717, 1.165) is 18.5 Å². The number of hydrogen-bond acceptors (Lipinski definition) is 4. The van der Waals surface area contributed by atoms with Crippen molar-refractivity contribution in [2.24, 2.45) is 7.05 Å². The molecule has 6 heteroatoms. The highest BCUT2D eigenvalue weighted by Crippen LogP contribution is 2.07. The average Bonchev–Trinajstić information content (AvgIpc) is 2.71. The van der Waals surface area contributed by atoms with E-state index in [2.05, 4.69) is 17.2 Å². The molecule has 0 fully saturated rings. The van der Waals surface area contributed by atoms with Gasteiger partial charge in [0.2, 0.25) is 0 Å². The van der Waals surface area contributed by atoms with Gasteiger partial charge < -0.3 is 9.64 Å². The summed E-state index contributed by atoms with van der Waals surface area (Å²) in [6.45, 7) is 4.30. The van der Waals surface area contributed by atoms with E-state index in [1.165, 1.54) is 0 Å². The Morgan fingerprint density at radius 3 is 2.88 bits per heavy atom. The highest BCUT2D eigenvalue weighted by Gasteiger charge is 2.16. The minimum atomic E-state index is -0.313. The van der Waals surface area contributed by atoms with Crippen LogP contribution in [0.25, 0.3) is 0 Å². The van der Waals surface area contributed by atoms with Crippen molar-refractivity contribution >= 4 is 6.09 Å². The SMILES string of the molecule is CCCC(C)N(C)C(=O)OCc1cnnn1C. The highest BCUT2D eigenvalue weighted by atomic mass is 16.6. The number of carbonyl (C=O) groups is 1. The van der Waals surface area contributed by atoms with Gasteiger partial charge >= 0.3 is 6.09 Å². The Morgan fingerprint density at radius 2 is 2.35 bits per heavy atom. The van der Waals surface area contributed by atoms with Crippen LogP contribution in [0, 0.1) is 0 Å². The summed E-state index contributed by atoms with van der Waals surface area (Å²) >= 11 is 0. The summed E-state index contributed by atoms with van der Waals surface area (Å²) in [4.78, 5) is 13.3. The molecule has 0 aliphatic heterocycles. The van der Waals surface area contributed by atoms with Crippen LogP contribution in [0.2, 0.25) is 0 Å². The lowest BCUT2D eigenvalue weighted by atomic mass is 10.2. The van der Waals surface area contributed by atoms with E-state index in [1.807, 2.05) is 6.92 Å². The lowest BCUT2D eigenvalue weighted by Crippen LogP contribution is -2.35. The molecule has 1 aromatic rings. The van der Waals surface area contributed by atoms with Crippen molar-refractivity contribution in [2.75, 3.05) is 7.05 Å². The number of rotatable bonds is 5. The fourth-order valence-corrected chi connectivity index (χ4v) is 1.47. The molecule has 0 aromatic carbocycles. The Balaban J connectivity index is 2.42. The Labute approximate surface area is 102 Å². The van der Waals surface area contributed by atoms with E-state index in [0.29, 0.717) is 0 Å². The van der Waals surface area contributed by atoms with Crippen LogP contribution in [-0.4, -0.2) is 39.1 Å². The van der Waals surface area contributed by atoms with Gasteiger partial charge in [0.05, 0.1) is 11.9 Å². The van der Waals surface area contributed by atoms with E-state index in [9.17, 15) is 4.79 Å². The van der Waals surface area contributed by atoms with Crippen molar-refractivity contribution in [1.29, 1.82) is 0 Å². The molecule has 6 nitrogen and oxygen atoms in total. The van der Waals surface area contributed by atoms with Crippen molar-refractivity contribution in [3.63, 3.8) is 0 Å². The Kier molecular flexibility index (Phi) is 4.93. The number of aromatic nitrogens is 3. The van der Waals surface area contributed by atoms with Gasteiger partial charge in [0.1, 0.15) is 6.61 Å². The molecule has 1 heterocycles. The molecule has 0 aliphatic carbocycles. The van der Waals surface area contributed by atoms with Gasteiger partial charge in [0.25, 0.3) is 0 Å². The third-order valence-corrected chi connectivity index (χ3v) is 2.81. The molecule has 1 unspecified atom stereocenters. The Hall–Kier alpha value is -1.59. The van der Waals surface area contributed by atoms with Crippen molar-refractivity contribution in [3.05, 3.63) is 11.9 Å². The van der Waals surface area contributed by atoms with Gasteiger partial charge in [-0.1, -0.05) is 18.6 Å². The van der Waals surface area contributed by atoms with Crippen LogP contribution in [0.3, 0.4) is 0 Å². The first-order valence-electron chi connectivity index (χ1n) is 5.79. The van der Waals surface area contributed by atoms with Crippen molar-refractivity contribution in [1.82, 2.24) is 19.9 Å². The lowest BCUT2D eigenvalue weighted by molar-refractivity contribution is 0.0900.